The van der Waals surface area contributed by atoms with E-state index in [4.69, 9.17) is 4.74 Å². The van der Waals surface area contributed by atoms with Gasteiger partial charge in [-0.15, -0.1) is 12.4 Å². The number of fused-ring (bicyclic) bond motifs is 2. The van der Waals surface area contributed by atoms with Crippen LogP contribution < -0.4 is 5.32 Å². The SMILES string of the molecule is CCN(CC)CCOC(=O)c1cccc2c1Nc1cc(C(F)(F)F)ccc1S2.Cl. The first-order valence-electron chi connectivity index (χ1n) is 9.02. The van der Waals surface area contributed by atoms with E-state index in [0.29, 0.717) is 28.4 Å². The second kappa shape index (κ2) is 9.73. The molecule has 0 saturated carbocycles. The van der Waals surface area contributed by atoms with Gasteiger partial charge in [-0.3, -0.25) is 0 Å². The molecule has 0 aliphatic carbocycles. The number of anilines is 2. The van der Waals surface area contributed by atoms with Gasteiger partial charge in [0, 0.05) is 16.3 Å². The van der Waals surface area contributed by atoms with E-state index in [9.17, 15) is 18.0 Å². The maximum absolute atomic E-state index is 13.0. The Morgan fingerprint density at radius 3 is 2.52 bits per heavy atom. The topological polar surface area (TPSA) is 41.6 Å². The lowest BCUT2D eigenvalue weighted by Gasteiger charge is -2.24. The van der Waals surface area contributed by atoms with Gasteiger partial charge in [-0.1, -0.05) is 31.7 Å². The van der Waals surface area contributed by atoms with Crippen molar-refractivity contribution in [2.24, 2.45) is 0 Å². The van der Waals surface area contributed by atoms with Gasteiger partial charge in [0.15, 0.2) is 0 Å². The molecule has 2 aromatic carbocycles. The second-order valence-electron chi connectivity index (χ2n) is 6.28. The highest BCUT2D eigenvalue weighted by molar-refractivity contribution is 7.99. The monoisotopic (exact) mass is 446 g/mol. The Morgan fingerprint density at radius 2 is 1.86 bits per heavy atom. The van der Waals surface area contributed by atoms with Crippen LogP contribution >= 0.6 is 24.2 Å². The smallest absolute Gasteiger partial charge is 0.416 e. The zero-order valence-electron chi connectivity index (χ0n) is 16.0. The van der Waals surface area contributed by atoms with Crippen molar-refractivity contribution in [2.45, 2.75) is 29.8 Å². The van der Waals surface area contributed by atoms with Crippen LogP contribution in [0.25, 0.3) is 0 Å². The molecular weight excluding hydrogens is 425 g/mol. The molecular formula is C20H22ClF3N2O2S. The van der Waals surface area contributed by atoms with Crippen molar-refractivity contribution in [1.82, 2.24) is 4.90 Å². The summed E-state index contributed by atoms with van der Waals surface area (Å²) in [6.07, 6.45) is -4.43. The van der Waals surface area contributed by atoms with Crippen molar-refractivity contribution in [3.63, 3.8) is 0 Å². The van der Waals surface area contributed by atoms with Crippen LogP contribution in [-0.4, -0.2) is 37.1 Å². The molecule has 0 amide bonds. The number of para-hydroxylation sites is 1. The average Bonchev–Trinajstić information content (AvgIpc) is 2.68. The molecule has 3 rings (SSSR count). The molecule has 9 heteroatoms. The summed E-state index contributed by atoms with van der Waals surface area (Å²) in [7, 11) is 0. The molecule has 0 radical (unpaired) electrons. The highest BCUT2D eigenvalue weighted by atomic mass is 35.5. The van der Waals surface area contributed by atoms with Gasteiger partial charge >= 0.3 is 12.1 Å². The minimum atomic E-state index is -4.43. The van der Waals surface area contributed by atoms with Crippen molar-refractivity contribution < 1.29 is 22.7 Å². The van der Waals surface area contributed by atoms with E-state index in [1.165, 1.54) is 17.8 Å². The van der Waals surface area contributed by atoms with Crippen molar-refractivity contribution >= 4 is 41.5 Å². The minimum Gasteiger partial charge on any atom is -0.461 e. The molecule has 0 bridgehead atoms. The molecule has 4 nitrogen and oxygen atoms in total. The van der Waals surface area contributed by atoms with Crippen molar-refractivity contribution in [3.05, 3.63) is 47.5 Å². The lowest BCUT2D eigenvalue weighted by Crippen LogP contribution is -2.28. The molecule has 0 atom stereocenters. The second-order valence-corrected chi connectivity index (χ2v) is 7.36. The fraction of sp³-hybridized carbons (Fsp3) is 0.350. The van der Waals surface area contributed by atoms with Crippen LogP contribution in [-0.2, 0) is 10.9 Å². The number of hydrogen-bond acceptors (Lipinski definition) is 5. The van der Waals surface area contributed by atoms with E-state index >= 15 is 0 Å². The van der Waals surface area contributed by atoms with E-state index < -0.39 is 17.7 Å². The van der Waals surface area contributed by atoms with E-state index in [0.717, 1.165) is 30.1 Å². The lowest BCUT2D eigenvalue weighted by molar-refractivity contribution is -0.137. The Hall–Kier alpha value is -1.90. The average molecular weight is 447 g/mol. The zero-order chi connectivity index (χ0) is 20.3. The number of nitrogens with one attached hydrogen (secondary N) is 1. The number of carbonyl (C=O) groups excluding carboxylic acids is 1. The summed E-state index contributed by atoms with van der Waals surface area (Å²) in [4.78, 5) is 16.1. The highest BCUT2D eigenvalue weighted by Crippen LogP contribution is 2.47. The highest BCUT2D eigenvalue weighted by Gasteiger charge is 2.32. The van der Waals surface area contributed by atoms with Gasteiger partial charge < -0.3 is 15.0 Å². The predicted molar refractivity (Wildman–Crippen MR) is 111 cm³/mol. The summed E-state index contributed by atoms with van der Waals surface area (Å²) in [5, 5.41) is 2.99. The number of ether oxygens (including phenoxy) is 1. The van der Waals surface area contributed by atoms with Gasteiger partial charge in [0.2, 0.25) is 0 Å². The zero-order valence-corrected chi connectivity index (χ0v) is 17.6. The maximum Gasteiger partial charge on any atom is 0.416 e. The summed E-state index contributed by atoms with van der Waals surface area (Å²) in [5.41, 5.74) is 0.387. The summed E-state index contributed by atoms with van der Waals surface area (Å²) in [6, 6.07) is 8.74. The fourth-order valence-electron chi connectivity index (χ4n) is 2.95. The largest absolute Gasteiger partial charge is 0.461 e. The summed E-state index contributed by atoms with van der Waals surface area (Å²) in [5.74, 6) is -0.493. The number of alkyl halides is 3. The van der Waals surface area contributed by atoms with Crippen LogP contribution in [0.1, 0.15) is 29.8 Å². The predicted octanol–water partition coefficient (Wildman–Crippen LogP) is 5.83. The Labute approximate surface area is 178 Å². The van der Waals surface area contributed by atoms with Crippen LogP contribution in [0, 0.1) is 0 Å². The molecule has 0 spiro atoms. The van der Waals surface area contributed by atoms with E-state index in [1.54, 1.807) is 12.1 Å². The number of carbonyl (C=O) groups is 1. The first-order valence-corrected chi connectivity index (χ1v) is 9.83. The fourth-order valence-corrected chi connectivity index (χ4v) is 3.95. The van der Waals surface area contributed by atoms with Gasteiger partial charge in [0.1, 0.15) is 6.61 Å². The standard InChI is InChI=1S/C20H21F3N2O2S.ClH/c1-3-25(4-2)10-11-27-19(26)14-6-5-7-17-18(14)24-15-12-13(20(21,22)23)8-9-16(15)28-17;/h5-9,12,24H,3-4,10-11H2,1-2H3;1H. The van der Waals surface area contributed by atoms with E-state index in [1.807, 2.05) is 19.9 Å². The molecule has 1 N–H and O–H groups in total. The number of nitrogens with zero attached hydrogens (tertiary/aromatic N) is 1. The number of benzene rings is 2. The van der Waals surface area contributed by atoms with Gasteiger partial charge in [0.25, 0.3) is 0 Å². The number of hydrogen-bond donors (Lipinski definition) is 1. The summed E-state index contributed by atoms with van der Waals surface area (Å²) >= 11 is 1.32. The molecule has 0 saturated heterocycles. The van der Waals surface area contributed by atoms with Crippen LogP contribution in [0.2, 0.25) is 0 Å². The van der Waals surface area contributed by atoms with E-state index in [-0.39, 0.29) is 19.0 Å². The third kappa shape index (κ3) is 5.38. The van der Waals surface area contributed by atoms with Crippen LogP contribution in [0.5, 0.6) is 0 Å². The molecule has 0 unspecified atom stereocenters. The number of halogens is 4. The molecule has 1 heterocycles. The molecule has 158 valence electrons. The van der Waals surface area contributed by atoms with Crippen molar-refractivity contribution in [2.75, 3.05) is 31.6 Å². The van der Waals surface area contributed by atoms with Crippen LogP contribution in [0.4, 0.5) is 24.5 Å². The number of rotatable bonds is 6. The van der Waals surface area contributed by atoms with Gasteiger partial charge in [-0.05, 0) is 43.4 Å². The number of likely N-dealkylation sites (N-methyl/N-ethyl adjacent to an activating group) is 1. The molecule has 29 heavy (non-hydrogen) atoms. The van der Waals surface area contributed by atoms with Gasteiger partial charge in [-0.2, -0.15) is 13.2 Å². The first kappa shape index (κ1) is 23.4. The minimum absolute atomic E-state index is 0. The summed E-state index contributed by atoms with van der Waals surface area (Å²) in [6.45, 7) is 6.69. The van der Waals surface area contributed by atoms with Crippen molar-refractivity contribution in [1.29, 1.82) is 0 Å². The van der Waals surface area contributed by atoms with E-state index in [2.05, 4.69) is 10.2 Å². The third-order valence-corrected chi connectivity index (χ3v) is 5.70. The summed E-state index contributed by atoms with van der Waals surface area (Å²) < 4.78 is 44.4. The molecule has 1 aliphatic rings. The maximum atomic E-state index is 13.0. The van der Waals surface area contributed by atoms with Gasteiger partial charge in [-0.25, -0.2) is 4.79 Å². The quantitative estimate of drug-likeness (QED) is 0.482. The van der Waals surface area contributed by atoms with Crippen LogP contribution in [0.15, 0.2) is 46.2 Å². The molecule has 0 fully saturated rings. The Balaban J connectivity index is 0.00000300. The van der Waals surface area contributed by atoms with Gasteiger partial charge in [0.05, 0.1) is 22.5 Å². The molecule has 2 aromatic rings. The third-order valence-electron chi connectivity index (χ3n) is 4.57. The van der Waals surface area contributed by atoms with Crippen LogP contribution in [0.3, 0.4) is 0 Å². The lowest BCUT2D eigenvalue weighted by atomic mass is 10.1. The molecule has 1 aliphatic heterocycles. The number of esters is 1. The Morgan fingerprint density at radius 1 is 1.14 bits per heavy atom. The Kier molecular flexibility index (Phi) is 7.85. The first-order chi connectivity index (χ1) is 13.3. The molecule has 0 aromatic heterocycles. The Bertz CT molecular complexity index is 873. The normalized spacial score (nSPS) is 12.5. The van der Waals surface area contributed by atoms with Crippen molar-refractivity contribution in [3.8, 4) is 0 Å².